The van der Waals surface area contributed by atoms with Gasteiger partial charge in [0.1, 0.15) is 12.3 Å². The van der Waals surface area contributed by atoms with Crippen LogP contribution in [0.1, 0.15) is 12.5 Å². The van der Waals surface area contributed by atoms with Crippen molar-refractivity contribution in [3.63, 3.8) is 0 Å². The molecule has 0 heterocycles. The number of amides is 2. The number of anilines is 2. The van der Waals surface area contributed by atoms with E-state index >= 15 is 0 Å². The lowest BCUT2D eigenvalue weighted by Gasteiger charge is -2.16. The highest BCUT2D eigenvalue weighted by Crippen LogP contribution is 2.27. The van der Waals surface area contributed by atoms with E-state index in [4.69, 9.17) is 16.3 Å². The third-order valence-electron chi connectivity index (χ3n) is 3.65. The Kier molecular flexibility index (Phi) is 7.00. The minimum absolute atomic E-state index is 0.150. The van der Waals surface area contributed by atoms with Crippen molar-refractivity contribution in [2.75, 3.05) is 31.3 Å². The summed E-state index contributed by atoms with van der Waals surface area (Å²) in [6.07, 6.45) is 0. The molecule has 1 atom stereocenters. The minimum atomic E-state index is -0.182. The highest BCUT2D eigenvalue weighted by atomic mass is 35.5. The normalized spacial score (nSPS) is 11.5. The molecule has 0 radical (unpaired) electrons. The summed E-state index contributed by atoms with van der Waals surface area (Å²) in [4.78, 5) is 24.6. The van der Waals surface area contributed by atoms with Gasteiger partial charge >= 0.3 is 0 Å². The monoisotopic (exact) mass is 376 g/mol. The Bertz CT molecular complexity index is 795. The molecule has 26 heavy (non-hydrogen) atoms. The first-order chi connectivity index (χ1) is 12.4. The fourth-order valence-corrected chi connectivity index (χ4v) is 2.83. The molecule has 3 N–H and O–H groups in total. The van der Waals surface area contributed by atoms with Crippen LogP contribution in [-0.4, -0.2) is 32.5 Å². The molecule has 0 aromatic heterocycles. The van der Waals surface area contributed by atoms with Crippen LogP contribution in [0.3, 0.4) is 0 Å². The lowest BCUT2D eigenvalue weighted by Crippen LogP contribution is -3.08. The molecule has 2 rings (SSSR count). The van der Waals surface area contributed by atoms with Gasteiger partial charge in [0.2, 0.25) is 5.91 Å². The summed E-state index contributed by atoms with van der Waals surface area (Å²) in [5, 5.41) is 6.21. The molecule has 7 heteroatoms. The molecule has 0 aliphatic rings. The van der Waals surface area contributed by atoms with Crippen molar-refractivity contribution in [2.24, 2.45) is 0 Å². The summed E-state index contributed by atoms with van der Waals surface area (Å²) in [5.41, 5.74) is 2.17. The van der Waals surface area contributed by atoms with Gasteiger partial charge in [0, 0.05) is 23.2 Å². The lowest BCUT2D eigenvalue weighted by molar-refractivity contribution is -0.885. The fourth-order valence-electron chi connectivity index (χ4n) is 2.61. The molecule has 1 unspecified atom stereocenters. The van der Waals surface area contributed by atoms with E-state index in [1.165, 1.54) is 14.0 Å². The number of hydrogen-bond acceptors (Lipinski definition) is 3. The largest absolute Gasteiger partial charge is 0.495 e. The Balaban J connectivity index is 2.00. The van der Waals surface area contributed by atoms with E-state index in [0.29, 0.717) is 28.7 Å². The molecule has 0 aliphatic carbocycles. The third-order valence-corrected chi connectivity index (χ3v) is 3.89. The smallest absolute Gasteiger partial charge is 0.279 e. The van der Waals surface area contributed by atoms with Crippen LogP contribution >= 0.6 is 11.6 Å². The van der Waals surface area contributed by atoms with E-state index in [-0.39, 0.29) is 18.4 Å². The van der Waals surface area contributed by atoms with Gasteiger partial charge < -0.3 is 20.3 Å². The Hall–Kier alpha value is -2.57. The standard InChI is InChI=1S/C19H22ClN3O3/c1-13(24)21-16-7-8-18(26-3)17(10-16)22-19(25)12-23(2)11-14-5-4-6-15(20)9-14/h4-10H,11-12H2,1-3H3,(H,21,24)(H,22,25)/p+1. The SMILES string of the molecule is COc1ccc(NC(C)=O)cc1NC(=O)C[NH+](C)Cc1cccc(Cl)c1. The van der Waals surface area contributed by atoms with Crippen molar-refractivity contribution in [3.05, 3.63) is 53.1 Å². The number of methoxy groups -OCH3 is 1. The number of ether oxygens (including phenoxy) is 1. The number of carbonyl (C=O) groups is 2. The van der Waals surface area contributed by atoms with Gasteiger partial charge in [0.15, 0.2) is 6.54 Å². The van der Waals surface area contributed by atoms with Crippen molar-refractivity contribution < 1.29 is 19.2 Å². The Labute approximate surface area is 158 Å². The van der Waals surface area contributed by atoms with Crippen LogP contribution < -0.4 is 20.3 Å². The second-order valence-corrected chi connectivity index (χ2v) is 6.52. The summed E-state index contributed by atoms with van der Waals surface area (Å²) in [7, 11) is 3.46. The molecule has 2 amide bonds. The molecule has 0 aliphatic heterocycles. The summed E-state index contributed by atoms with van der Waals surface area (Å²) in [6, 6.07) is 12.7. The number of likely N-dealkylation sites (N-methyl/N-ethyl adjacent to an activating group) is 1. The average Bonchev–Trinajstić information content (AvgIpc) is 2.54. The van der Waals surface area contributed by atoms with Crippen LogP contribution in [0.4, 0.5) is 11.4 Å². The Morgan fingerprint density at radius 3 is 2.58 bits per heavy atom. The number of rotatable bonds is 7. The van der Waals surface area contributed by atoms with Crippen molar-refractivity contribution >= 4 is 34.8 Å². The van der Waals surface area contributed by atoms with Gasteiger partial charge in [0.25, 0.3) is 5.91 Å². The number of benzene rings is 2. The summed E-state index contributed by atoms with van der Waals surface area (Å²) < 4.78 is 5.27. The van der Waals surface area contributed by atoms with E-state index in [0.717, 1.165) is 10.5 Å². The van der Waals surface area contributed by atoms with Crippen LogP contribution in [0.25, 0.3) is 0 Å². The molecule has 0 saturated heterocycles. The van der Waals surface area contributed by atoms with Gasteiger partial charge in [-0.1, -0.05) is 23.7 Å². The molecule has 138 valence electrons. The predicted molar refractivity (Wildman–Crippen MR) is 103 cm³/mol. The van der Waals surface area contributed by atoms with Crippen LogP contribution in [0.2, 0.25) is 5.02 Å². The van der Waals surface area contributed by atoms with Gasteiger partial charge in [0.05, 0.1) is 19.8 Å². The zero-order chi connectivity index (χ0) is 19.1. The van der Waals surface area contributed by atoms with Gasteiger partial charge in [-0.3, -0.25) is 9.59 Å². The second kappa shape index (κ2) is 9.22. The Morgan fingerprint density at radius 2 is 1.92 bits per heavy atom. The summed E-state index contributed by atoms with van der Waals surface area (Å²) in [6.45, 7) is 2.38. The molecule has 6 nitrogen and oxygen atoms in total. The number of halogens is 1. The van der Waals surface area contributed by atoms with Crippen molar-refractivity contribution in [2.45, 2.75) is 13.5 Å². The quantitative estimate of drug-likeness (QED) is 0.691. The average molecular weight is 377 g/mol. The van der Waals surface area contributed by atoms with E-state index < -0.39 is 0 Å². The van der Waals surface area contributed by atoms with E-state index in [9.17, 15) is 9.59 Å². The first-order valence-corrected chi connectivity index (χ1v) is 8.56. The van der Waals surface area contributed by atoms with E-state index in [1.54, 1.807) is 18.2 Å². The lowest BCUT2D eigenvalue weighted by atomic mass is 10.2. The molecule has 0 spiro atoms. The van der Waals surface area contributed by atoms with Gasteiger partial charge in [-0.25, -0.2) is 0 Å². The number of hydrogen-bond donors (Lipinski definition) is 3. The first kappa shape index (κ1) is 19.8. The summed E-state index contributed by atoms with van der Waals surface area (Å²) in [5.74, 6) is 0.195. The highest BCUT2D eigenvalue weighted by molar-refractivity contribution is 6.30. The topological polar surface area (TPSA) is 71.9 Å². The summed E-state index contributed by atoms with van der Waals surface area (Å²) >= 11 is 5.99. The maximum atomic E-state index is 12.4. The van der Waals surface area contributed by atoms with Crippen LogP contribution in [0.5, 0.6) is 5.75 Å². The van der Waals surface area contributed by atoms with Crippen molar-refractivity contribution in [1.29, 1.82) is 0 Å². The van der Waals surface area contributed by atoms with Crippen molar-refractivity contribution in [1.82, 2.24) is 0 Å². The molecular formula is C19H23ClN3O3+. The zero-order valence-electron chi connectivity index (χ0n) is 15.1. The number of carbonyl (C=O) groups excluding carboxylic acids is 2. The minimum Gasteiger partial charge on any atom is -0.495 e. The molecule has 2 aromatic rings. The van der Waals surface area contributed by atoms with Crippen LogP contribution in [0, 0.1) is 0 Å². The molecule has 0 saturated carbocycles. The number of quaternary nitrogens is 1. The van der Waals surface area contributed by atoms with Crippen LogP contribution in [0.15, 0.2) is 42.5 Å². The molecule has 0 bridgehead atoms. The predicted octanol–water partition coefficient (Wildman–Crippen LogP) is 1.96. The van der Waals surface area contributed by atoms with Crippen LogP contribution in [-0.2, 0) is 16.1 Å². The second-order valence-electron chi connectivity index (χ2n) is 6.09. The van der Waals surface area contributed by atoms with E-state index in [1.807, 2.05) is 31.3 Å². The van der Waals surface area contributed by atoms with E-state index in [2.05, 4.69) is 10.6 Å². The third kappa shape index (κ3) is 6.06. The fraction of sp³-hybridized carbons (Fsp3) is 0.263. The van der Waals surface area contributed by atoms with Gasteiger partial charge in [-0.05, 0) is 30.3 Å². The molecular weight excluding hydrogens is 354 g/mol. The Morgan fingerprint density at radius 1 is 1.15 bits per heavy atom. The first-order valence-electron chi connectivity index (χ1n) is 8.18. The highest BCUT2D eigenvalue weighted by Gasteiger charge is 2.14. The maximum absolute atomic E-state index is 12.4. The molecule has 2 aromatic carbocycles. The number of nitrogens with one attached hydrogen (secondary N) is 3. The van der Waals surface area contributed by atoms with Crippen molar-refractivity contribution in [3.8, 4) is 5.75 Å². The zero-order valence-corrected chi connectivity index (χ0v) is 15.8. The maximum Gasteiger partial charge on any atom is 0.279 e. The van der Waals surface area contributed by atoms with Gasteiger partial charge in [-0.2, -0.15) is 0 Å². The van der Waals surface area contributed by atoms with Gasteiger partial charge in [-0.15, -0.1) is 0 Å². The molecule has 0 fully saturated rings.